The molecule has 128 valence electrons. The lowest BCUT2D eigenvalue weighted by molar-refractivity contribution is 0.179. The maximum absolute atomic E-state index is 12.6. The maximum Gasteiger partial charge on any atom is 0.414 e. The first-order chi connectivity index (χ1) is 9.95. The number of hydrogen-bond acceptors (Lipinski definition) is 6. The molecule has 0 aromatic carbocycles. The molecule has 0 aliphatic heterocycles. The van der Waals surface area contributed by atoms with Crippen molar-refractivity contribution in [2.45, 2.75) is 53.4 Å². The Labute approximate surface area is 128 Å². The Morgan fingerprint density at radius 2 is 0.857 bits per heavy atom. The van der Waals surface area contributed by atoms with Gasteiger partial charge < -0.3 is 0 Å². The topological polar surface area (TPSA) is 83.1 Å². The van der Waals surface area contributed by atoms with Crippen molar-refractivity contribution in [1.82, 2.24) is 4.86 Å². The van der Waals surface area contributed by atoms with Crippen molar-refractivity contribution >= 4 is 15.5 Å². The molecule has 21 heavy (non-hydrogen) atoms. The molecule has 7 nitrogen and oxygen atoms in total. The van der Waals surface area contributed by atoms with E-state index in [4.69, 9.17) is 18.1 Å². The van der Waals surface area contributed by atoms with Crippen molar-refractivity contribution < 1.29 is 27.2 Å². The summed E-state index contributed by atoms with van der Waals surface area (Å²) in [5, 5.41) is 0. The van der Waals surface area contributed by atoms with Crippen molar-refractivity contribution in [3.63, 3.8) is 0 Å². The first kappa shape index (κ1) is 21.3. The molecule has 0 aliphatic rings. The molecular formula is C12H29NO6P2. The summed E-state index contributed by atoms with van der Waals surface area (Å²) >= 11 is 0. The minimum atomic E-state index is -3.72. The molecule has 0 bridgehead atoms. The van der Waals surface area contributed by atoms with Gasteiger partial charge in [0.1, 0.15) is 0 Å². The lowest BCUT2D eigenvalue weighted by Gasteiger charge is -2.24. The minimum Gasteiger partial charge on any atom is -0.296 e. The fourth-order valence-electron chi connectivity index (χ4n) is 1.19. The second-order valence-corrected chi connectivity index (χ2v) is 8.25. The van der Waals surface area contributed by atoms with Crippen LogP contribution >= 0.6 is 15.5 Å². The van der Waals surface area contributed by atoms with Crippen molar-refractivity contribution in [2.75, 3.05) is 26.4 Å². The van der Waals surface area contributed by atoms with Crippen molar-refractivity contribution in [1.29, 1.82) is 0 Å². The maximum atomic E-state index is 12.6. The molecule has 0 aromatic rings. The zero-order valence-corrected chi connectivity index (χ0v) is 15.3. The van der Waals surface area contributed by atoms with E-state index in [9.17, 15) is 9.13 Å². The molecule has 0 rings (SSSR count). The molecule has 0 aliphatic carbocycles. The van der Waals surface area contributed by atoms with E-state index in [0.717, 1.165) is 0 Å². The third-order valence-corrected chi connectivity index (χ3v) is 6.16. The van der Waals surface area contributed by atoms with Gasteiger partial charge in [0, 0.05) is 0 Å². The summed E-state index contributed by atoms with van der Waals surface area (Å²) in [5.74, 6) is 0. The van der Waals surface area contributed by atoms with E-state index >= 15 is 0 Å². The van der Waals surface area contributed by atoms with Crippen LogP contribution in [0.25, 0.3) is 0 Å². The predicted octanol–water partition coefficient (Wildman–Crippen LogP) is 4.50. The molecule has 0 saturated heterocycles. The molecule has 0 amide bonds. The van der Waals surface area contributed by atoms with E-state index in [1.54, 1.807) is 0 Å². The number of rotatable bonds is 14. The molecule has 0 heterocycles. The quantitative estimate of drug-likeness (QED) is 0.464. The third-order valence-electron chi connectivity index (χ3n) is 2.11. The van der Waals surface area contributed by atoms with Crippen LogP contribution in [0.3, 0.4) is 0 Å². The molecule has 9 heteroatoms. The van der Waals surface area contributed by atoms with Crippen molar-refractivity contribution in [2.24, 2.45) is 0 Å². The Morgan fingerprint density at radius 1 is 0.619 bits per heavy atom. The zero-order valence-electron chi connectivity index (χ0n) is 13.5. The van der Waals surface area contributed by atoms with E-state index in [1.807, 2.05) is 27.7 Å². The van der Waals surface area contributed by atoms with Crippen LogP contribution < -0.4 is 4.86 Å². The Hall–Kier alpha value is 0.260. The van der Waals surface area contributed by atoms with Crippen LogP contribution in [0.4, 0.5) is 0 Å². The highest BCUT2D eigenvalue weighted by Gasteiger charge is 2.37. The van der Waals surface area contributed by atoms with Crippen LogP contribution in [0, 0.1) is 0 Å². The summed E-state index contributed by atoms with van der Waals surface area (Å²) in [4.78, 5) is 2.37. The second-order valence-electron chi connectivity index (χ2n) is 4.43. The van der Waals surface area contributed by atoms with Gasteiger partial charge in [0.25, 0.3) is 0 Å². The Kier molecular flexibility index (Phi) is 11.9. The fraction of sp³-hybridized carbons (Fsp3) is 1.00. The second kappa shape index (κ2) is 11.8. The monoisotopic (exact) mass is 345 g/mol. The molecule has 1 N–H and O–H groups in total. The first-order valence-corrected chi connectivity index (χ1v) is 10.6. The van der Waals surface area contributed by atoms with E-state index in [1.165, 1.54) is 0 Å². The van der Waals surface area contributed by atoms with Crippen LogP contribution in [-0.2, 0) is 27.2 Å². The van der Waals surface area contributed by atoms with Crippen LogP contribution in [-0.4, -0.2) is 26.4 Å². The summed E-state index contributed by atoms with van der Waals surface area (Å²) in [7, 11) is -7.43. The van der Waals surface area contributed by atoms with Gasteiger partial charge in [-0.1, -0.05) is 27.7 Å². The van der Waals surface area contributed by atoms with Gasteiger partial charge in [-0.3, -0.25) is 18.1 Å². The predicted molar refractivity (Wildman–Crippen MR) is 83.3 cm³/mol. The highest BCUT2D eigenvalue weighted by atomic mass is 31.3. The van der Waals surface area contributed by atoms with Crippen LogP contribution in [0.5, 0.6) is 0 Å². The standard InChI is InChI=1S/C12H29NO6P2/c1-5-9-16-20(14,17-10-6-2)13-21(15,18-11-7-3)19-12-8-4/h5-12H2,1-4H3,(H,13,14,15). The summed E-state index contributed by atoms with van der Waals surface area (Å²) in [6.45, 7) is 8.45. The van der Waals surface area contributed by atoms with Gasteiger partial charge in [0.2, 0.25) is 0 Å². The Bertz CT molecular complexity index is 297. The number of hydrogen-bond donors (Lipinski definition) is 1. The van der Waals surface area contributed by atoms with Gasteiger partial charge in [-0.25, -0.2) is 9.13 Å². The summed E-state index contributed by atoms with van der Waals surface area (Å²) in [5.41, 5.74) is 0. The first-order valence-electron chi connectivity index (χ1n) is 7.53. The van der Waals surface area contributed by atoms with Crippen LogP contribution in [0.2, 0.25) is 0 Å². The smallest absolute Gasteiger partial charge is 0.296 e. The molecule has 0 atom stereocenters. The summed E-state index contributed by atoms with van der Waals surface area (Å²) in [6, 6.07) is 0. The minimum absolute atomic E-state index is 0.232. The van der Waals surface area contributed by atoms with Crippen molar-refractivity contribution in [3.8, 4) is 0 Å². The molecule has 0 spiro atoms. The van der Waals surface area contributed by atoms with E-state index in [2.05, 4.69) is 4.86 Å². The van der Waals surface area contributed by atoms with Crippen LogP contribution in [0.1, 0.15) is 53.4 Å². The van der Waals surface area contributed by atoms with Crippen molar-refractivity contribution in [3.05, 3.63) is 0 Å². The lowest BCUT2D eigenvalue weighted by atomic mass is 10.5. The highest BCUT2D eigenvalue weighted by Crippen LogP contribution is 2.58. The highest BCUT2D eigenvalue weighted by molar-refractivity contribution is 7.67. The Morgan fingerprint density at radius 3 is 1.05 bits per heavy atom. The molecule has 0 unspecified atom stereocenters. The SMILES string of the molecule is CCCOP(=O)(NP(=O)(OCCC)OCCC)OCCC. The molecule has 0 saturated carbocycles. The fourth-order valence-corrected chi connectivity index (χ4v) is 5.15. The molecule has 0 fully saturated rings. The van der Waals surface area contributed by atoms with Gasteiger partial charge in [-0.15, -0.1) is 4.86 Å². The van der Waals surface area contributed by atoms with E-state index < -0.39 is 15.5 Å². The van der Waals surface area contributed by atoms with E-state index in [-0.39, 0.29) is 26.4 Å². The summed E-state index contributed by atoms with van der Waals surface area (Å²) in [6.07, 6.45) is 2.66. The van der Waals surface area contributed by atoms with Gasteiger partial charge in [0.05, 0.1) is 26.4 Å². The molecular weight excluding hydrogens is 316 g/mol. The number of nitrogens with one attached hydrogen (secondary N) is 1. The summed E-state index contributed by atoms with van der Waals surface area (Å²) < 4.78 is 46.1. The van der Waals surface area contributed by atoms with Crippen LogP contribution in [0.15, 0.2) is 0 Å². The third kappa shape index (κ3) is 9.80. The molecule has 0 radical (unpaired) electrons. The average molecular weight is 345 g/mol. The Balaban J connectivity index is 4.90. The normalized spacial score (nSPS) is 12.8. The van der Waals surface area contributed by atoms with Gasteiger partial charge in [0.15, 0.2) is 0 Å². The molecule has 0 aromatic heterocycles. The van der Waals surface area contributed by atoms with E-state index in [0.29, 0.717) is 25.7 Å². The largest absolute Gasteiger partial charge is 0.414 e. The van der Waals surface area contributed by atoms with Gasteiger partial charge in [-0.05, 0) is 25.7 Å². The van der Waals surface area contributed by atoms with Gasteiger partial charge in [-0.2, -0.15) is 0 Å². The lowest BCUT2D eigenvalue weighted by Crippen LogP contribution is -2.17. The zero-order chi connectivity index (χ0) is 16.2. The van der Waals surface area contributed by atoms with Gasteiger partial charge >= 0.3 is 15.5 Å². The average Bonchev–Trinajstić information content (AvgIpc) is 2.47.